The van der Waals surface area contributed by atoms with Gasteiger partial charge in [0.1, 0.15) is 11.6 Å². The summed E-state index contributed by atoms with van der Waals surface area (Å²) in [5.74, 6) is 0.0254. The molecule has 5 nitrogen and oxygen atoms in total. The van der Waals surface area contributed by atoms with Gasteiger partial charge in [-0.15, -0.1) is 0 Å². The molecule has 1 atom stereocenters. The monoisotopic (exact) mass is 329 g/mol. The summed E-state index contributed by atoms with van der Waals surface area (Å²) < 4.78 is 7.41. The number of rotatable bonds is 1. The Labute approximate surface area is 144 Å². The van der Waals surface area contributed by atoms with Crippen molar-refractivity contribution >= 4 is 16.8 Å². The van der Waals surface area contributed by atoms with Crippen molar-refractivity contribution < 1.29 is 9.53 Å². The number of para-hydroxylation sites is 1. The first-order valence-corrected chi connectivity index (χ1v) is 7.90. The molecule has 0 fully saturated rings. The molecule has 5 heteroatoms. The van der Waals surface area contributed by atoms with E-state index < -0.39 is 5.92 Å². The predicted molar refractivity (Wildman–Crippen MR) is 94.0 cm³/mol. The molecule has 0 saturated heterocycles. The summed E-state index contributed by atoms with van der Waals surface area (Å²) >= 11 is 0. The number of ether oxygens (including phenoxy) is 1. The van der Waals surface area contributed by atoms with E-state index in [1.165, 1.54) is 6.92 Å². The minimum atomic E-state index is -0.453. The third-order valence-electron chi connectivity index (χ3n) is 4.47. The highest BCUT2D eigenvalue weighted by Crippen LogP contribution is 2.47. The molecule has 25 heavy (non-hydrogen) atoms. The fraction of sp³-hybridized carbons (Fsp3) is 0.100. The number of hydrogen-bond donors (Lipinski definition) is 1. The number of carbonyl (C=O) groups excluding carboxylic acids is 1. The maximum absolute atomic E-state index is 12.4. The number of carbonyl (C=O) groups is 1. The molecule has 0 saturated carbocycles. The fourth-order valence-electron chi connectivity index (χ4n) is 3.47. The van der Waals surface area contributed by atoms with Gasteiger partial charge in [0, 0.05) is 12.3 Å². The molecular weight excluding hydrogens is 314 g/mol. The lowest BCUT2D eigenvalue weighted by Gasteiger charge is -2.25. The zero-order valence-electron chi connectivity index (χ0n) is 13.6. The van der Waals surface area contributed by atoms with E-state index in [2.05, 4.69) is 6.07 Å². The van der Waals surface area contributed by atoms with Gasteiger partial charge < -0.3 is 10.5 Å². The van der Waals surface area contributed by atoms with E-state index >= 15 is 0 Å². The zero-order chi connectivity index (χ0) is 17.6. The van der Waals surface area contributed by atoms with Crippen LogP contribution in [0, 0.1) is 11.3 Å². The maximum atomic E-state index is 12.4. The van der Waals surface area contributed by atoms with E-state index in [-0.39, 0.29) is 11.8 Å². The summed E-state index contributed by atoms with van der Waals surface area (Å²) in [5.41, 5.74) is 8.63. The Balaban J connectivity index is 2.13. The van der Waals surface area contributed by atoms with Crippen molar-refractivity contribution in [2.24, 2.45) is 5.73 Å². The number of hydrogen-bond acceptors (Lipinski definition) is 4. The van der Waals surface area contributed by atoms with E-state index in [1.807, 2.05) is 54.6 Å². The summed E-state index contributed by atoms with van der Waals surface area (Å²) in [5, 5.41) is 10.5. The largest absolute Gasteiger partial charge is 0.438 e. The van der Waals surface area contributed by atoms with Gasteiger partial charge in [-0.05, 0) is 17.7 Å². The second-order valence-electron chi connectivity index (χ2n) is 5.92. The van der Waals surface area contributed by atoms with Crippen LogP contribution in [0.2, 0.25) is 0 Å². The van der Waals surface area contributed by atoms with Crippen LogP contribution >= 0.6 is 0 Å². The minimum Gasteiger partial charge on any atom is -0.438 e. The van der Waals surface area contributed by atoms with Crippen LogP contribution in [0.5, 0.6) is 5.75 Å². The molecule has 0 aliphatic carbocycles. The number of nitrogens with two attached hydrogens (primary N) is 1. The van der Waals surface area contributed by atoms with E-state index in [4.69, 9.17) is 10.5 Å². The van der Waals surface area contributed by atoms with Crippen LogP contribution in [0.1, 0.15) is 28.9 Å². The standard InChI is InChI=1S/C20H15N3O2/c1-12(24)23-16-10-6-5-9-14(16)19-18(23)17(13-7-3-2-4-8-13)15(11-21)20(22)25-19/h2-10,17H,22H2,1H3. The molecule has 1 aromatic heterocycles. The smallest absolute Gasteiger partial charge is 0.228 e. The van der Waals surface area contributed by atoms with Gasteiger partial charge in [-0.2, -0.15) is 5.26 Å². The Morgan fingerprint density at radius 1 is 1.16 bits per heavy atom. The molecule has 4 rings (SSSR count). The molecule has 2 heterocycles. The molecule has 0 radical (unpaired) electrons. The van der Waals surface area contributed by atoms with Crippen molar-refractivity contribution in [3.05, 3.63) is 77.3 Å². The third-order valence-corrected chi connectivity index (χ3v) is 4.47. The van der Waals surface area contributed by atoms with Gasteiger partial charge in [0.05, 0.1) is 17.1 Å². The van der Waals surface area contributed by atoms with Gasteiger partial charge in [-0.3, -0.25) is 9.36 Å². The van der Waals surface area contributed by atoms with Gasteiger partial charge >= 0.3 is 0 Å². The molecule has 122 valence electrons. The maximum Gasteiger partial charge on any atom is 0.228 e. The van der Waals surface area contributed by atoms with E-state index in [9.17, 15) is 10.1 Å². The van der Waals surface area contributed by atoms with Crippen LogP contribution in [0.25, 0.3) is 10.9 Å². The fourth-order valence-corrected chi connectivity index (χ4v) is 3.47. The van der Waals surface area contributed by atoms with Gasteiger partial charge in [0.25, 0.3) is 0 Å². The molecule has 2 N–H and O–H groups in total. The highest BCUT2D eigenvalue weighted by atomic mass is 16.5. The van der Waals surface area contributed by atoms with Crippen molar-refractivity contribution in [3.63, 3.8) is 0 Å². The quantitative estimate of drug-likeness (QED) is 0.740. The first kappa shape index (κ1) is 15.0. The number of nitriles is 1. The van der Waals surface area contributed by atoms with E-state index in [0.29, 0.717) is 17.0 Å². The number of benzene rings is 2. The summed E-state index contributed by atoms with van der Waals surface area (Å²) in [6, 6.07) is 19.2. The predicted octanol–water partition coefficient (Wildman–Crippen LogP) is 3.52. The van der Waals surface area contributed by atoms with Crippen molar-refractivity contribution in [3.8, 4) is 11.8 Å². The van der Waals surface area contributed by atoms with Crippen molar-refractivity contribution in [1.82, 2.24) is 4.57 Å². The second kappa shape index (κ2) is 5.53. The summed E-state index contributed by atoms with van der Waals surface area (Å²) in [4.78, 5) is 12.4. The molecule has 2 aromatic carbocycles. The average Bonchev–Trinajstić information content (AvgIpc) is 2.95. The number of allylic oxidation sites excluding steroid dienone is 1. The lowest BCUT2D eigenvalue weighted by molar-refractivity contribution is 0.0937. The van der Waals surface area contributed by atoms with Crippen molar-refractivity contribution in [1.29, 1.82) is 5.26 Å². The molecule has 0 spiro atoms. The van der Waals surface area contributed by atoms with Crippen LogP contribution in [0.3, 0.4) is 0 Å². The highest BCUT2D eigenvalue weighted by Gasteiger charge is 2.36. The molecule has 0 bridgehead atoms. The minimum absolute atomic E-state index is 0.0790. The molecule has 1 aliphatic rings. The van der Waals surface area contributed by atoms with Gasteiger partial charge in [-0.1, -0.05) is 42.5 Å². The van der Waals surface area contributed by atoms with Gasteiger partial charge in [0.2, 0.25) is 11.8 Å². The van der Waals surface area contributed by atoms with Crippen molar-refractivity contribution in [2.45, 2.75) is 12.8 Å². The number of fused-ring (bicyclic) bond motifs is 3. The molecule has 3 aromatic rings. The second-order valence-corrected chi connectivity index (χ2v) is 5.92. The van der Waals surface area contributed by atoms with Crippen LogP contribution in [0.15, 0.2) is 66.1 Å². The first-order chi connectivity index (χ1) is 12.1. The van der Waals surface area contributed by atoms with Crippen LogP contribution in [-0.2, 0) is 0 Å². The molecule has 1 unspecified atom stereocenters. The highest BCUT2D eigenvalue weighted by molar-refractivity contribution is 5.98. The van der Waals surface area contributed by atoms with E-state index in [0.717, 1.165) is 16.5 Å². The Hall–Kier alpha value is -3.52. The number of nitrogens with zero attached hydrogens (tertiary/aromatic N) is 2. The summed E-state index contributed by atoms with van der Waals surface area (Å²) in [6.07, 6.45) is 0. The topological polar surface area (TPSA) is 81.0 Å². The van der Waals surface area contributed by atoms with E-state index in [1.54, 1.807) is 4.57 Å². The summed E-state index contributed by atoms with van der Waals surface area (Å²) in [7, 11) is 0. The zero-order valence-corrected chi connectivity index (χ0v) is 13.6. The van der Waals surface area contributed by atoms with Crippen LogP contribution < -0.4 is 10.5 Å². The Kier molecular flexibility index (Phi) is 3.33. The normalized spacial score (nSPS) is 16.2. The van der Waals surface area contributed by atoms with Crippen LogP contribution in [0.4, 0.5) is 0 Å². The average molecular weight is 329 g/mol. The first-order valence-electron chi connectivity index (χ1n) is 7.90. The molecule has 1 aliphatic heterocycles. The van der Waals surface area contributed by atoms with Crippen molar-refractivity contribution in [2.75, 3.05) is 0 Å². The Bertz CT molecular complexity index is 1070. The Morgan fingerprint density at radius 2 is 1.84 bits per heavy atom. The lowest BCUT2D eigenvalue weighted by Crippen LogP contribution is -2.24. The third kappa shape index (κ3) is 2.12. The lowest BCUT2D eigenvalue weighted by atomic mass is 9.87. The van der Waals surface area contributed by atoms with Gasteiger partial charge in [0.15, 0.2) is 5.75 Å². The summed E-state index contributed by atoms with van der Waals surface area (Å²) in [6.45, 7) is 1.50. The van der Waals surface area contributed by atoms with Gasteiger partial charge in [-0.25, -0.2) is 0 Å². The van der Waals surface area contributed by atoms with Crippen LogP contribution in [-0.4, -0.2) is 10.5 Å². The molecule has 0 amide bonds. The Morgan fingerprint density at radius 3 is 2.52 bits per heavy atom. The molecular formula is C20H15N3O2. The number of aromatic nitrogens is 1. The SMILES string of the molecule is CC(=O)n1c2c(c3ccccc31)OC(N)=C(C#N)C2c1ccccc1.